The molecule has 3 aliphatic heterocycles. The lowest BCUT2D eigenvalue weighted by Crippen LogP contribution is -2.52. The molecule has 26 nitrogen and oxygen atoms in total. The van der Waals surface area contributed by atoms with Crippen molar-refractivity contribution in [1.82, 2.24) is 38.4 Å². The average molecular weight is 1460 g/mol. The Hall–Kier alpha value is -6.74. The molecular formula is C67H100ClF4N8O18P. The number of nitrogens with zero attached hydrogens (tertiary/aromatic N) is 4. The van der Waals surface area contributed by atoms with Gasteiger partial charge in [0.1, 0.15) is 47.5 Å². The highest BCUT2D eigenvalue weighted by atomic mass is 35.5. The molecule has 0 radical (unpaired) electrons. The number of hydrogen-bond donors (Lipinski definition) is 9. The first-order valence-electron chi connectivity index (χ1n) is 33.6. The first-order valence-corrected chi connectivity index (χ1v) is 32.3. The summed E-state index contributed by atoms with van der Waals surface area (Å²) in [4.78, 5) is 75.5. The fraction of sp³-hybridized carbons (Fsp3) is 0.552. The van der Waals surface area contributed by atoms with Gasteiger partial charge in [-0.25, -0.2) is 37.3 Å². The summed E-state index contributed by atoms with van der Waals surface area (Å²) in [5.41, 5.74) is 0.0125. The van der Waals surface area contributed by atoms with Crippen LogP contribution in [0.25, 0.3) is 0 Å². The summed E-state index contributed by atoms with van der Waals surface area (Å²) in [6.07, 6.45) is -8.07. The minimum atomic E-state index is -1.77. The quantitative estimate of drug-likeness (QED) is 0.0117. The van der Waals surface area contributed by atoms with E-state index in [9.17, 15) is 52.2 Å². The number of methoxy groups -OCH3 is 2. The summed E-state index contributed by atoms with van der Waals surface area (Å²) in [5.74, 6) is 1.61. The minimum absolute atomic E-state index is 0. The maximum Gasteiger partial charge on any atom is 0.328 e. The number of aromatic nitrogens is 6. The number of aliphatic hydroxyl groups excluding tert-OH is 5. The average Bonchev–Trinajstić information content (AvgIpc) is 0.783. The SMILES string of the molecule is C.COc1ccc(C(Cl)(c2ccccc2)c2ccc(OC)cc2)cc1.Cc1cn(C2COC(CO)C(O)C2F)c(=O)[nH]c1=O.[2H]CC1OCC(n2cc(C)c(=O)[nH]c2=O)C(F)C1O.[2H]CC1OCC(n2cc(C)c(=O)[nH]c2=O)C(F)C1OP(NCOCC)N(C(C)C)C(C)C.[2H]CF.[3H]OC.[3H]OC. The van der Waals surface area contributed by atoms with Crippen molar-refractivity contribution < 1.29 is 80.2 Å². The summed E-state index contributed by atoms with van der Waals surface area (Å²) in [7, 11) is 3.40. The van der Waals surface area contributed by atoms with E-state index >= 15 is 4.39 Å². The number of ether oxygens (including phenoxy) is 6. The number of aromatic amines is 3. The Morgan fingerprint density at radius 3 is 1.42 bits per heavy atom. The van der Waals surface area contributed by atoms with E-state index in [1.54, 1.807) is 21.1 Å². The van der Waals surface area contributed by atoms with Crippen molar-refractivity contribution in [3.8, 4) is 11.5 Å². The number of hydrogen-bond acceptors (Lipinski definition) is 20. The Kier molecular flexibility index (Phi) is 34.7. The number of nitrogens with one attached hydrogen (secondary N) is 4. The normalized spacial score (nSPS) is 23.4. The van der Waals surface area contributed by atoms with Crippen LogP contribution < -0.4 is 48.3 Å². The van der Waals surface area contributed by atoms with E-state index in [4.69, 9.17) is 56.6 Å². The summed E-state index contributed by atoms with van der Waals surface area (Å²) in [6, 6.07) is 23.0. The van der Waals surface area contributed by atoms with Gasteiger partial charge in [-0.2, -0.15) is 0 Å². The van der Waals surface area contributed by atoms with Crippen LogP contribution in [0.4, 0.5) is 17.6 Å². The van der Waals surface area contributed by atoms with Crippen LogP contribution in [0.5, 0.6) is 11.5 Å². The first kappa shape index (κ1) is 79.6. The molecule has 3 fully saturated rings. The second kappa shape index (κ2) is 43.2. The molecule has 3 aromatic heterocycles. The van der Waals surface area contributed by atoms with Gasteiger partial charge >= 0.3 is 17.1 Å². The van der Waals surface area contributed by atoms with Crippen molar-refractivity contribution in [2.75, 3.05) is 75.4 Å². The zero-order valence-corrected chi connectivity index (χ0v) is 58.4. The molecule has 6 heterocycles. The lowest BCUT2D eigenvalue weighted by Gasteiger charge is -2.43. The maximum absolute atomic E-state index is 15.9. The Bertz CT molecular complexity index is 3650. The molecule has 13 atom stereocenters. The van der Waals surface area contributed by atoms with Gasteiger partial charge in [0, 0.05) is 70.9 Å². The molecule has 32 heteroatoms. The van der Waals surface area contributed by atoms with Crippen LogP contribution in [-0.2, 0) is 28.3 Å². The van der Waals surface area contributed by atoms with Gasteiger partial charge in [0.25, 0.3) is 16.7 Å². The lowest BCUT2D eigenvalue weighted by atomic mass is 9.84. The fourth-order valence-corrected chi connectivity index (χ4v) is 12.6. The summed E-state index contributed by atoms with van der Waals surface area (Å²) >= 11 is 7.22. The van der Waals surface area contributed by atoms with Gasteiger partial charge in [-0.15, -0.1) is 11.6 Å². The second-order valence-electron chi connectivity index (χ2n) is 22.4. The van der Waals surface area contributed by atoms with Gasteiger partial charge in [0.15, 0.2) is 27.0 Å². The van der Waals surface area contributed by atoms with Crippen LogP contribution in [0.2, 0.25) is 0 Å². The van der Waals surface area contributed by atoms with Gasteiger partial charge < -0.3 is 58.5 Å². The number of aliphatic hydroxyl groups is 5. The summed E-state index contributed by atoms with van der Waals surface area (Å²) in [5, 5.41) is 38.4. The van der Waals surface area contributed by atoms with Gasteiger partial charge in [-0.3, -0.25) is 47.4 Å². The van der Waals surface area contributed by atoms with E-state index in [2.05, 4.69) is 34.9 Å². The van der Waals surface area contributed by atoms with Crippen molar-refractivity contribution >= 4 is 20.1 Å². The molecule has 0 amide bonds. The third-order valence-corrected chi connectivity index (χ3v) is 18.3. The smallest absolute Gasteiger partial charge is 0.328 e. The van der Waals surface area contributed by atoms with E-state index in [0.29, 0.717) is 12.2 Å². The summed E-state index contributed by atoms with van der Waals surface area (Å²) < 4.78 is 129. The highest BCUT2D eigenvalue weighted by Crippen LogP contribution is 2.46. The predicted octanol–water partition coefficient (Wildman–Crippen LogP) is 6.11. The highest BCUT2D eigenvalue weighted by Gasteiger charge is 2.45. The van der Waals surface area contributed by atoms with Crippen molar-refractivity contribution in [1.29, 1.82) is 2.86 Å². The van der Waals surface area contributed by atoms with Gasteiger partial charge in [-0.1, -0.05) is 62.0 Å². The number of H-pyrrole nitrogens is 3. The molecule has 9 N–H and O–H groups in total. The molecule has 6 aromatic rings. The topological polar surface area (TPSA) is 346 Å². The molecule has 0 spiro atoms. The van der Waals surface area contributed by atoms with Crippen LogP contribution in [0.3, 0.4) is 0 Å². The number of alkyl halides is 5. The molecule has 3 aliphatic rings. The van der Waals surface area contributed by atoms with Crippen molar-refractivity contribution in [3.05, 3.63) is 193 Å². The van der Waals surface area contributed by atoms with Crippen LogP contribution in [0, 0.1) is 20.8 Å². The molecule has 9 rings (SSSR count). The fourth-order valence-electron chi connectivity index (χ4n) is 10.3. The zero-order chi connectivity index (χ0) is 77.4. The highest BCUT2D eigenvalue weighted by molar-refractivity contribution is 7.47. The Labute approximate surface area is 586 Å². The van der Waals surface area contributed by atoms with E-state index in [1.807, 2.05) is 113 Å². The molecule has 0 saturated carbocycles. The number of aryl methyl sites for hydroxylation is 3. The van der Waals surface area contributed by atoms with Crippen molar-refractivity contribution in [3.63, 3.8) is 0 Å². The lowest BCUT2D eigenvalue weighted by molar-refractivity contribution is -0.149. The maximum atomic E-state index is 15.9. The van der Waals surface area contributed by atoms with E-state index < -0.39 is 134 Å². The van der Waals surface area contributed by atoms with Crippen LogP contribution in [0.15, 0.2) is 126 Å². The van der Waals surface area contributed by atoms with Crippen molar-refractivity contribution in [2.24, 2.45) is 0 Å². The number of halogens is 5. The third kappa shape index (κ3) is 23.1. The summed E-state index contributed by atoms with van der Waals surface area (Å²) in [6.45, 7) is 13.9. The van der Waals surface area contributed by atoms with Gasteiger partial charge in [0.2, 0.25) is 2.86 Å². The molecule has 0 bridgehead atoms. The molecule has 0 aliphatic carbocycles. The Morgan fingerprint density at radius 2 is 1.05 bits per heavy atom. The largest absolute Gasteiger partial charge is 0.497 e. The van der Waals surface area contributed by atoms with Gasteiger partial charge in [0.05, 0.1) is 79.5 Å². The minimum Gasteiger partial charge on any atom is -0.497 e. The van der Waals surface area contributed by atoms with E-state index in [1.165, 1.54) is 46.7 Å². The molecular weight excluding hydrogens is 1350 g/mol. The second-order valence-corrected chi connectivity index (χ2v) is 24.5. The van der Waals surface area contributed by atoms with Gasteiger partial charge in [-0.05, 0) is 110 Å². The van der Waals surface area contributed by atoms with Crippen molar-refractivity contribution in [2.45, 2.75) is 167 Å². The molecule has 3 aromatic carbocycles. The van der Waals surface area contributed by atoms with E-state index in [0.717, 1.165) is 41.9 Å². The monoisotopic (exact) mass is 1450 g/mol. The standard InChI is InChI=1S/C21H19ClO2.C20H36FN4O5P.C11H15FN2O5.C11H15FN2O4.CH3F.2CH4O.CH4/c1-23-19-12-8-17(9-13-19)21(22,16-6-4-3-5-7-16)18-10-14-20(24-2)15-11-18;1-8-28-11-22-31(25(12(2)3)13(4)5)30-18-15(7)29-10-16(17(18)21)24-9-14(6)19(26)23-20(24)27;1-5-2-14(11(18)13-10(5)17)6-4-19-7(3-15)9(16)8(6)12;1-5-3-14(11(17)13-10(5)16)7-4-18-6(2)9(15)8(7)12;3*1-2;/h3-15H,1-2H3;9,12-13,15-18,22H,8,10-11H2,1-7H3,(H,23,26,27);2,6-9,15-16H,3-4H2,1H3,(H,13,17,18);3,6-9,15H,4H2,1-2H3,(H,13,16,17);1H3;2*2H,1H3;1H4/i;7D;;2D;1D;2*2T;. The van der Waals surface area contributed by atoms with E-state index in [-0.39, 0.29) is 71.0 Å². The molecule has 99 heavy (non-hydrogen) atoms. The van der Waals surface area contributed by atoms with Crippen LogP contribution >= 0.6 is 20.1 Å². The Balaban J connectivity index is 0.000000460. The van der Waals surface area contributed by atoms with Crippen LogP contribution in [0.1, 0.15) is 111 Å². The number of benzene rings is 3. The predicted molar refractivity (Wildman–Crippen MR) is 371 cm³/mol. The Morgan fingerprint density at radius 1 is 0.677 bits per heavy atom. The van der Waals surface area contributed by atoms with Crippen LogP contribution in [-0.4, -0.2) is 204 Å². The molecule has 3 saturated heterocycles. The third-order valence-electron chi connectivity index (χ3n) is 15.5. The zero-order valence-electron chi connectivity index (χ0n) is 61.8. The number of rotatable bonds is 18. The molecule has 13 unspecified atom stereocenters. The first-order chi connectivity index (χ1) is 48.9. The molecule has 556 valence electrons.